The highest BCUT2D eigenvalue weighted by atomic mass is 32.1. The summed E-state index contributed by atoms with van der Waals surface area (Å²) in [6.07, 6.45) is 0. The summed E-state index contributed by atoms with van der Waals surface area (Å²) in [5, 5.41) is 10.1. The molecule has 2 aromatic rings. The Labute approximate surface area is 157 Å². The number of aliphatic imine (C=N–C) groups is 1. The number of aromatic nitrogens is 1. The first-order valence-electron chi connectivity index (χ1n) is 8.29. The number of aryl methyl sites for hydroxylation is 2. The van der Waals surface area contributed by atoms with Crippen LogP contribution in [0, 0.1) is 13.8 Å². The van der Waals surface area contributed by atoms with Gasteiger partial charge >= 0.3 is 0 Å². The number of guanidine groups is 1. The van der Waals surface area contributed by atoms with E-state index in [1.165, 1.54) is 0 Å². The van der Waals surface area contributed by atoms with Gasteiger partial charge in [0.25, 0.3) is 0 Å². The summed E-state index contributed by atoms with van der Waals surface area (Å²) < 4.78 is 5.11. The highest BCUT2D eigenvalue weighted by molar-refractivity contribution is 7.11. The molecule has 1 aromatic carbocycles. The van der Waals surface area contributed by atoms with Crippen LogP contribution in [0.1, 0.15) is 21.1 Å². The minimum absolute atomic E-state index is 0.103. The summed E-state index contributed by atoms with van der Waals surface area (Å²) in [7, 11) is 3.30. The van der Waals surface area contributed by atoms with Gasteiger partial charge in [-0.05, 0) is 31.5 Å². The summed E-state index contributed by atoms with van der Waals surface area (Å²) in [6, 6.07) is 7.59. The van der Waals surface area contributed by atoms with Crippen molar-refractivity contribution in [2.75, 3.05) is 20.7 Å². The molecule has 0 atom stereocenters. The summed E-state index contributed by atoms with van der Waals surface area (Å²) in [5.74, 6) is 1.27. The topological polar surface area (TPSA) is 87.6 Å². The fourth-order valence-electron chi connectivity index (χ4n) is 2.29. The lowest BCUT2D eigenvalue weighted by Crippen LogP contribution is -2.42. The van der Waals surface area contributed by atoms with Crippen LogP contribution >= 0.6 is 11.3 Å². The molecule has 0 unspecified atom stereocenters. The van der Waals surface area contributed by atoms with Gasteiger partial charge in [-0.2, -0.15) is 0 Å². The lowest BCUT2D eigenvalue weighted by Gasteiger charge is -2.12. The van der Waals surface area contributed by atoms with Crippen molar-refractivity contribution in [3.63, 3.8) is 0 Å². The molecule has 26 heavy (non-hydrogen) atoms. The maximum Gasteiger partial charge on any atom is 0.239 e. The highest BCUT2D eigenvalue weighted by Crippen LogP contribution is 2.16. The van der Waals surface area contributed by atoms with Crippen LogP contribution in [0.25, 0.3) is 0 Å². The van der Waals surface area contributed by atoms with Crippen molar-refractivity contribution in [2.24, 2.45) is 4.99 Å². The predicted octanol–water partition coefficient (Wildman–Crippen LogP) is 1.75. The zero-order chi connectivity index (χ0) is 18.9. The quantitative estimate of drug-likeness (QED) is 0.507. The smallest absolute Gasteiger partial charge is 0.239 e. The molecule has 0 fully saturated rings. The van der Waals surface area contributed by atoms with Crippen LogP contribution in [-0.2, 0) is 17.9 Å². The van der Waals surface area contributed by atoms with E-state index in [4.69, 9.17) is 4.74 Å². The second kappa shape index (κ2) is 9.76. The molecule has 0 spiro atoms. The maximum atomic E-state index is 12.0. The van der Waals surface area contributed by atoms with Gasteiger partial charge in [-0.25, -0.2) is 4.98 Å². The standard InChI is InChI=1S/C18H25N5O2S/c1-12-16(26-13(2)23-12)10-21-18(19-3)22-11-17(24)20-9-14-5-7-15(25-4)8-6-14/h5-8H,9-11H2,1-4H3,(H,20,24)(H2,19,21,22). The van der Waals surface area contributed by atoms with Crippen molar-refractivity contribution in [1.82, 2.24) is 20.9 Å². The van der Waals surface area contributed by atoms with Gasteiger partial charge < -0.3 is 20.7 Å². The van der Waals surface area contributed by atoms with E-state index in [1.54, 1.807) is 25.5 Å². The molecular weight excluding hydrogens is 350 g/mol. The summed E-state index contributed by atoms with van der Waals surface area (Å²) >= 11 is 1.65. The minimum atomic E-state index is -0.103. The first-order valence-corrected chi connectivity index (χ1v) is 9.10. The molecule has 0 aliphatic carbocycles. The Bertz CT molecular complexity index is 755. The Morgan fingerprint density at radius 2 is 1.88 bits per heavy atom. The Hall–Kier alpha value is -2.61. The van der Waals surface area contributed by atoms with Gasteiger partial charge in [0.05, 0.1) is 30.9 Å². The van der Waals surface area contributed by atoms with Crippen molar-refractivity contribution in [1.29, 1.82) is 0 Å². The molecule has 1 aromatic heterocycles. The van der Waals surface area contributed by atoms with Gasteiger partial charge in [0.2, 0.25) is 5.91 Å². The number of nitrogens with zero attached hydrogens (tertiary/aromatic N) is 2. The average molecular weight is 375 g/mol. The second-order valence-corrected chi connectivity index (χ2v) is 6.93. The number of hydrogen-bond donors (Lipinski definition) is 3. The molecule has 1 amide bonds. The molecular formula is C18H25N5O2S. The molecule has 0 aliphatic heterocycles. The zero-order valence-corrected chi connectivity index (χ0v) is 16.4. The van der Waals surface area contributed by atoms with E-state index >= 15 is 0 Å². The largest absolute Gasteiger partial charge is 0.497 e. The Morgan fingerprint density at radius 3 is 2.46 bits per heavy atom. The van der Waals surface area contributed by atoms with E-state index in [9.17, 15) is 4.79 Å². The first-order chi connectivity index (χ1) is 12.5. The van der Waals surface area contributed by atoms with Gasteiger partial charge in [0.15, 0.2) is 5.96 Å². The van der Waals surface area contributed by atoms with Crippen molar-refractivity contribution >= 4 is 23.2 Å². The number of carbonyl (C=O) groups is 1. The van der Waals surface area contributed by atoms with Crippen molar-refractivity contribution in [2.45, 2.75) is 26.9 Å². The van der Waals surface area contributed by atoms with E-state index in [0.29, 0.717) is 19.0 Å². The van der Waals surface area contributed by atoms with E-state index < -0.39 is 0 Å². The fourth-order valence-corrected chi connectivity index (χ4v) is 3.17. The molecule has 7 nitrogen and oxygen atoms in total. The van der Waals surface area contributed by atoms with E-state index in [2.05, 4.69) is 25.9 Å². The molecule has 0 saturated carbocycles. The Balaban J connectivity index is 1.73. The van der Waals surface area contributed by atoms with Crippen LogP contribution in [-0.4, -0.2) is 37.6 Å². The van der Waals surface area contributed by atoms with Gasteiger partial charge in [-0.1, -0.05) is 12.1 Å². The van der Waals surface area contributed by atoms with E-state index in [0.717, 1.165) is 26.9 Å². The van der Waals surface area contributed by atoms with Crippen LogP contribution in [0.2, 0.25) is 0 Å². The molecule has 8 heteroatoms. The molecule has 2 rings (SSSR count). The SMILES string of the molecule is CN=C(NCC(=O)NCc1ccc(OC)cc1)NCc1sc(C)nc1C. The Kier molecular flexibility index (Phi) is 7.40. The summed E-state index contributed by atoms with van der Waals surface area (Å²) in [4.78, 5) is 21.7. The molecule has 0 bridgehead atoms. The Morgan fingerprint density at radius 1 is 1.15 bits per heavy atom. The summed E-state index contributed by atoms with van der Waals surface area (Å²) in [6.45, 7) is 5.22. The molecule has 140 valence electrons. The van der Waals surface area contributed by atoms with Crippen molar-refractivity contribution < 1.29 is 9.53 Å². The fraction of sp³-hybridized carbons (Fsp3) is 0.389. The number of carbonyl (C=O) groups excluding carboxylic acids is 1. The van der Waals surface area contributed by atoms with E-state index in [-0.39, 0.29) is 12.5 Å². The number of methoxy groups -OCH3 is 1. The molecule has 1 heterocycles. The number of benzene rings is 1. The van der Waals surface area contributed by atoms with Crippen LogP contribution in [0.3, 0.4) is 0 Å². The zero-order valence-electron chi connectivity index (χ0n) is 15.5. The lowest BCUT2D eigenvalue weighted by molar-refractivity contribution is -0.120. The van der Waals surface area contributed by atoms with Crippen LogP contribution in [0.5, 0.6) is 5.75 Å². The number of nitrogens with one attached hydrogen (secondary N) is 3. The normalized spacial score (nSPS) is 11.2. The monoisotopic (exact) mass is 375 g/mol. The highest BCUT2D eigenvalue weighted by Gasteiger charge is 2.07. The maximum absolute atomic E-state index is 12.0. The number of rotatable bonds is 7. The predicted molar refractivity (Wildman–Crippen MR) is 105 cm³/mol. The van der Waals surface area contributed by atoms with Crippen molar-refractivity contribution in [3.8, 4) is 5.75 Å². The van der Waals surface area contributed by atoms with Crippen molar-refractivity contribution in [3.05, 3.63) is 45.4 Å². The molecule has 0 aliphatic rings. The number of amides is 1. The van der Waals surface area contributed by atoms with E-state index in [1.807, 2.05) is 38.1 Å². The second-order valence-electron chi connectivity index (χ2n) is 5.65. The summed E-state index contributed by atoms with van der Waals surface area (Å²) in [5.41, 5.74) is 2.03. The van der Waals surface area contributed by atoms with Gasteiger partial charge in [0, 0.05) is 18.5 Å². The minimum Gasteiger partial charge on any atom is -0.497 e. The third-order valence-corrected chi connectivity index (χ3v) is 4.78. The number of thiazole rings is 1. The molecule has 0 radical (unpaired) electrons. The van der Waals surface area contributed by atoms with Crippen LogP contribution in [0.15, 0.2) is 29.3 Å². The average Bonchev–Trinajstić information content (AvgIpc) is 2.97. The lowest BCUT2D eigenvalue weighted by atomic mass is 10.2. The molecule has 0 saturated heterocycles. The van der Waals surface area contributed by atoms with Crippen LogP contribution in [0.4, 0.5) is 0 Å². The number of ether oxygens (including phenoxy) is 1. The third-order valence-electron chi connectivity index (χ3n) is 3.70. The molecule has 3 N–H and O–H groups in total. The van der Waals surface area contributed by atoms with Gasteiger partial charge in [-0.3, -0.25) is 9.79 Å². The van der Waals surface area contributed by atoms with Gasteiger partial charge in [0.1, 0.15) is 5.75 Å². The van der Waals surface area contributed by atoms with Gasteiger partial charge in [-0.15, -0.1) is 11.3 Å². The van der Waals surface area contributed by atoms with Crippen LogP contribution < -0.4 is 20.7 Å². The third kappa shape index (κ3) is 6.03. The first kappa shape index (κ1) is 19.7. The number of hydrogen-bond acceptors (Lipinski definition) is 5.